The molecule has 3 aliphatic rings. The Labute approximate surface area is 172 Å². The van der Waals surface area contributed by atoms with Crippen molar-refractivity contribution >= 4 is 17.5 Å². The summed E-state index contributed by atoms with van der Waals surface area (Å²) in [6.07, 6.45) is 0. The summed E-state index contributed by atoms with van der Waals surface area (Å²) in [6.45, 7) is 9.06. The first-order chi connectivity index (χ1) is 14.2. The lowest BCUT2D eigenvalue weighted by molar-refractivity contribution is -0.129. The molecule has 0 aromatic heterocycles. The zero-order valence-corrected chi connectivity index (χ0v) is 17.0. The number of hydrazine groups is 1. The van der Waals surface area contributed by atoms with Gasteiger partial charge in [-0.2, -0.15) is 0 Å². The molecule has 2 N–H and O–H groups in total. The number of nitrogens with zero attached hydrogens (tertiary/aromatic N) is 3. The molecule has 0 aliphatic carbocycles. The molecule has 29 heavy (non-hydrogen) atoms. The van der Waals surface area contributed by atoms with Crippen LogP contribution in [0.3, 0.4) is 0 Å². The lowest BCUT2D eigenvalue weighted by atomic mass is 9.84. The summed E-state index contributed by atoms with van der Waals surface area (Å²) in [4.78, 5) is 30.6. The van der Waals surface area contributed by atoms with E-state index in [4.69, 9.17) is 4.74 Å². The average molecular weight is 402 g/mol. The van der Waals surface area contributed by atoms with Gasteiger partial charge < -0.3 is 15.0 Å². The highest BCUT2D eigenvalue weighted by Gasteiger charge is 2.50. The van der Waals surface area contributed by atoms with Crippen molar-refractivity contribution in [2.75, 3.05) is 64.0 Å². The molecule has 8 heteroatoms. The molecule has 3 fully saturated rings. The van der Waals surface area contributed by atoms with Gasteiger partial charge in [0.1, 0.15) is 0 Å². The van der Waals surface area contributed by atoms with Crippen molar-refractivity contribution < 1.29 is 14.3 Å². The summed E-state index contributed by atoms with van der Waals surface area (Å²) in [5.74, 6) is -0.387. The van der Waals surface area contributed by atoms with Crippen LogP contribution in [0.15, 0.2) is 30.3 Å². The molecule has 2 amide bonds. The van der Waals surface area contributed by atoms with E-state index in [1.165, 1.54) is 0 Å². The molecule has 158 valence electrons. The van der Waals surface area contributed by atoms with Crippen molar-refractivity contribution in [2.24, 2.45) is 11.8 Å². The Balaban J connectivity index is 1.41. The number of nitrogens with one attached hydrogen (secondary N) is 2. The number of carbonyl (C=O) groups excluding carboxylic acids is 2. The van der Waals surface area contributed by atoms with Crippen molar-refractivity contribution in [1.82, 2.24) is 20.5 Å². The molecular formula is C21H31N5O3. The first-order valence-corrected chi connectivity index (χ1v) is 10.6. The zero-order valence-electron chi connectivity index (χ0n) is 17.0. The number of amides is 2. The van der Waals surface area contributed by atoms with Gasteiger partial charge in [0.2, 0.25) is 11.8 Å². The summed E-state index contributed by atoms with van der Waals surface area (Å²) >= 11 is 0. The van der Waals surface area contributed by atoms with Crippen LogP contribution in [0.1, 0.15) is 6.92 Å². The van der Waals surface area contributed by atoms with Crippen LogP contribution in [0.2, 0.25) is 0 Å². The minimum absolute atomic E-state index is 0.0293. The number of morpholine rings is 1. The monoisotopic (exact) mass is 401 g/mol. The number of fused-ring (bicyclic) bond motifs is 1. The highest BCUT2D eigenvalue weighted by molar-refractivity contribution is 5.98. The Bertz CT molecular complexity index is 710. The summed E-state index contributed by atoms with van der Waals surface area (Å²) < 4.78 is 5.37. The van der Waals surface area contributed by atoms with Gasteiger partial charge >= 0.3 is 0 Å². The molecule has 1 aromatic carbocycles. The molecule has 3 heterocycles. The number of para-hydroxylation sites is 1. The molecule has 8 nitrogen and oxygen atoms in total. The molecule has 3 saturated heterocycles. The fourth-order valence-electron chi connectivity index (χ4n) is 4.50. The van der Waals surface area contributed by atoms with Crippen LogP contribution in [0, 0.1) is 11.8 Å². The van der Waals surface area contributed by atoms with Gasteiger partial charge in [0.05, 0.1) is 36.8 Å². The third-order valence-corrected chi connectivity index (χ3v) is 6.22. The van der Waals surface area contributed by atoms with Gasteiger partial charge in [0, 0.05) is 39.3 Å². The second-order valence-electron chi connectivity index (χ2n) is 7.97. The van der Waals surface area contributed by atoms with Gasteiger partial charge in [-0.15, -0.1) is 0 Å². The minimum Gasteiger partial charge on any atom is -0.379 e. The number of carbonyl (C=O) groups is 2. The second kappa shape index (κ2) is 9.21. The van der Waals surface area contributed by atoms with Crippen molar-refractivity contribution in [3.63, 3.8) is 0 Å². The third-order valence-electron chi connectivity index (χ3n) is 6.22. The molecular weight excluding hydrogens is 370 g/mol. The van der Waals surface area contributed by atoms with E-state index < -0.39 is 0 Å². The number of likely N-dealkylation sites (tertiary alicyclic amines) is 1. The Morgan fingerprint density at radius 1 is 1.17 bits per heavy atom. The highest BCUT2D eigenvalue weighted by atomic mass is 16.5. The summed E-state index contributed by atoms with van der Waals surface area (Å²) in [5.41, 5.74) is 4.16. The third kappa shape index (κ3) is 4.45. The van der Waals surface area contributed by atoms with E-state index in [2.05, 4.69) is 27.5 Å². The number of hydrogen-bond donors (Lipinski definition) is 2. The van der Waals surface area contributed by atoms with Crippen LogP contribution in [0.4, 0.5) is 5.69 Å². The number of benzene rings is 1. The molecule has 3 unspecified atom stereocenters. The van der Waals surface area contributed by atoms with Gasteiger partial charge in [-0.3, -0.25) is 14.5 Å². The highest BCUT2D eigenvalue weighted by Crippen LogP contribution is 2.31. The van der Waals surface area contributed by atoms with Crippen molar-refractivity contribution in [3.05, 3.63) is 30.3 Å². The Kier molecular flexibility index (Phi) is 6.44. The van der Waals surface area contributed by atoms with E-state index in [1.807, 2.05) is 30.3 Å². The standard InChI is InChI=1S/C21H31N5O3/c1-2-24-14-17(20(27)22-8-9-25-10-12-29-13-11-25)19-18(15-24)21(28)26(23-19)16-6-4-3-5-7-16/h3-7,17-19,23H,2,8-15H2,1H3,(H,22,27). The first kappa shape index (κ1) is 20.3. The molecule has 0 radical (unpaired) electrons. The molecule has 0 saturated carbocycles. The SMILES string of the molecule is CCN1CC(C(=O)NCCN2CCOCC2)C2NN(c3ccccc3)C(=O)C2C1. The summed E-state index contributed by atoms with van der Waals surface area (Å²) in [5, 5.41) is 4.74. The molecule has 4 rings (SSSR count). The predicted octanol–water partition coefficient (Wildman–Crippen LogP) is -0.0773. The zero-order chi connectivity index (χ0) is 20.2. The summed E-state index contributed by atoms with van der Waals surface area (Å²) in [7, 11) is 0. The second-order valence-corrected chi connectivity index (χ2v) is 7.97. The Hall–Kier alpha value is -2.00. The van der Waals surface area contributed by atoms with Gasteiger partial charge in [-0.1, -0.05) is 25.1 Å². The quantitative estimate of drug-likeness (QED) is 0.695. The van der Waals surface area contributed by atoms with Crippen LogP contribution in [0.25, 0.3) is 0 Å². The molecule has 0 bridgehead atoms. The van der Waals surface area contributed by atoms with E-state index in [1.54, 1.807) is 5.01 Å². The van der Waals surface area contributed by atoms with Gasteiger partial charge in [-0.05, 0) is 18.7 Å². The lowest BCUT2D eigenvalue weighted by Gasteiger charge is -2.38. The lowest BCUT2D eigenvalue weighted by Crippen LogP contribution is -2.57. The Morgan fingerprint density at radius 2 is 1.93 bits per heavy atom. The van der Waals surface area contributed by atoms with Crippen molar-refractivity contribution in [2.45, 2.75) is 13.0 Å². The van der Waals surface area contributed by atoms with E-state index in [0.717, 1.165) is 45.1 Å². The molecule has 1 aromatic rings. The Morgan fingerprint density at radius 3 is 2.66 bits per heavy atom. The predicted molar refractivity (Wildman–Crippen MR) is 110 cm³/mol. The number of anilines is 1. The molecule has 0 spiro atoms. The minimum atomic E-state index is -0.254. The van der Waals surface area contributed by atoms with E-state index in [0.29, 0.717) is 19.6 Å². The smallest absolute Gasteiger partial charge is 0.247 e. The van der Waals surface area contributed by atoms with Gasteiger partial charge in [0.15, 0.2) is 0 Å². The molecule has 3 aliphatic heterocycles. The fraction of sp³-hybridized carbons (Fsp3) is 0.619. The number of ether oxygens (including phenoxy) is 1. The molecule has 3 atom stereocenters. The van der Waals surface area contributed by atoms with Crippen molar-refractivity contribution in [3.8, 4) is 0 Å². The van der Waals surface area contributed by atoms with E-state index in [-0.39, 0.29) is 29.7 Å². The van der Waals surface area contributed by atoms with E-state index >= 15 is 0 Å². The van der Waals surface area contributed by atoms with Gasteiger partial charge in [0.25, 0.3) is 0 Å². The number of rotatable bonds is 6. The van der Waals surface area contributed by atoms with Crippen LogP contribution in [-0.2, 0) is 14.3 Å². The van der Waals surface area contributed by atoms with Crippen LogP contribution < -0.4 is 15.8 Å². The maximum absolute atomic E-state index is 13.1. The first-order valence-electron chi connectivity index (χ1n) is 10.6. The van der Waals surface area contributed by atoms with Crippen LogP contribution >= 0.6 is 0 Å². The van der Waals surface area contributed by atoms with Crippen LogP contribution in [-0.4, -0.2) is 86.7 Å². The number of hydrogen-bond acceptors (Lipinski definition) is 6. The maximum atomic E-state index is 13.1. The summed E-state index contributed by atoms with van der Waals surface area (Å²) in [6, 6.07) is 9.42. The number of piperidine rings is 1. The maximum Gasteiger partial charge on any atom is 0.247 e. The topological polar surface area (TPSA) is 77.2 Å². The fourth-order valence-corrected chi connectivity index (χ4v) is 4.50. The average Bonchev–Trinajstić information content (AvgIpc) is 3.11. The van der Waals surface area contributed by atoms with Crippen molar-refractivity contribution in [1.29, 1.82) is 0 Å². The largest absolute Gasteiger partial charge is 0.379 e. The normalized spacial score (nSPS) is 28.4. The van der Waals surface area contributed by atoms with Gasteiger partial charge in [-0.25, -0.2) is 10.4 Å². The van der Waals surface area contributed by atoms with Crippen LogP contribution in [0.5, 0.6) is 0 Å². The van der Waals surface area contributed by atoms with E-state index in [9.17, 15) is 9.59 Å².